The van der Waals surface area contributed by atoms with Gasteiger partial charge in [0.15, 0.2) is 0 Å². The first kappa shape index (κ1) is 10.6. The zero-order valence-electron chi connectivity index (χ0n) is 9.01. The zero-order valence-corrected chi connectivity index (χ0v) is 9.83. The van der Waals surface area contributed by atoms with Crippen molar-refractivity contribution in [1.82, 2.24) is 0 Å². The molecule has 2 rings (SSSR count). The summed E-state index contributed by atoms with van der Waals surface area (Å²) in [6.45, 7) is 4.33. The van der Waals surface area contributed by atoms with Gasteiger partial charge in [-0.05, 0) is 18.1 Å². The minimum atomic E-state index is 0.180. The van der Waals surface area contributed by atoms with E-state index in [1.807, 2.05) is 35.2 Å². The van der Waals surface area contributed by atoms with E-state index in [4.69, 9.17) is 0 Å². The standard InChI is InChI=1S/C12H15NOS/c1-9(2)11-8-15-12(14)13(11)10-6-4-3-5-7-10/h3-7,9,11H,8H2,1-2H3. The molecular weight excluding hydrogens is 206 g/mol. The molecule has 1 amide bonds. The second-order valence-corrected chi connectivity index (χ2v) is 5.07. The third-order valence-electron chi connectivity index (χ3n) is 2.71. The van der Waals surface area contributed by atoms with Crippen molar-refractivity contribution in [2.45, 2.75) is 19.9 Å². The van der Waals surface area contributed by atoms with Crippen molar-refractivity contribution in [3.63, 3.8) is 0 Å². The molecular formula is C12H15NOS. The number of benzene rings is 1. The van der Waals surface area contributed by atoms with Gasteiger partial charge in [-0.15, -0.1) is 0 Å². The Morgan fingerprint density at radius 1 is 1.33 bits per heavy atom. The third-order valence-corrected chi connectivity index (χ3v) is 3.66. The fraction of sp³-hybridized carbons (Fsp3) is 0.417. The number of nitrogens with zero attached hydrogens (tertiary/aromatic N) is 1. The average molecular weight is 221 g/mol. The molecule has 1 atom stereocenters. The summed E-state index contributed by atoms with van der Waals surface area (Å²) in [5.74, 6) is 1.41. The highest BCUT2D eigenvalue weighted by Gasteiger charge is 2.34. The Balaban J connectivity index is 2.29. The SMILES string of the molecule is CC(C)C1CSC(=O)N1c1ccccc1. The van der Waals surface area contributed by atoms with E-state index in [1.54, 1.807) is 0 Å². The van der Waals surface area contributed by atoms with Gasteiger partial charge >= 0.3 is 0 Å². The van der Waals surface area contributed by atoms with Gasteiger partial charge in [-0.3, -0.25) is 9.69 Å². The average Bonchev–Trinajstić information content (AvgIpc) is 2.61. The maximum absolute atomic E-state index is 11.8. The van der Waals surface area contributed by atoms with Crippen molar-refractivity contribution in [1.29, 1.82) is 0 Å². The fourth-order valence-electron chi connectivity index (χ4n) is 1.81. The lowest BCUT2D eigenvalue weighted by molar-refractivity contribution is 0.263. The van der Waals surface area contributed by atoms with Crippen molar-refractivity contribution < 1.29 is 4.79 Å². The Kier molecular flexibility index (Phi) is 3.00. The number of hydrogen-bond acceptors (Lipinski definition) is 2. The van der Waals surface area contributed by atoms with Gasteiger partial charge in [0, 0.05) is 17.5 Å². The molecule has 80 valence electrons. The van der Waals surface area contributed by atoms with Crippen LogP contribution in [0.2, 0.25) is 0 Å². The summed E-state index contributed by atoms with van der Waals surface area (Å²) in [5, 5.41) is 0.180. The molecule has 3 heteroatoms. The van der Waals surface area contributed by atoms with E-state index in [2.05, 4.69) is 13.8 Å². The highest BCUT2D eigenvalue weighted by atomic mass is 32.2. The van der Waals surface area contributed by atoms with E-state index in [9.17, 15) is 4.79 Å². The van der Waals surface area contributed by atoms with Crippen LogP contribution in [0.3, 0.4) is 0 Å². The van der Waals surface area contributed by atoms with E-state index in [1.165, 1.54) is 11.8 Å². The number of para-hydroxylation sites is 1. The summed E-state index contributed by atoms with van der Waals surface area (Å²) in [6, 6.07) is 10.3. The number of hydrogen-bond donors (Lipinski definition) is 0. The molecule has 0 aliphatic carbocycles. The van der Waals surface area contributed by atoms with Gasteiger partial charge in [-0.1, -0.05) is 43.8 Å². The number of thioether (sulfide) groups is 1. The molecule has 1 aliphatic heterocycles. The van der Waals surface area contributed by atoms with Crippen molar-refractivity contribution >= 4 is 22.7 Å². The Morgan fingerprint density at radius 3 is 2.60 bits per heavy atom. The van der Waals surface area contributed by atoms with Crippen LogP contribution in [0.25, 0.3) is 0 Å². The quantitative estimate of drug-likeness (QED) is 0.763. The lowest BCUT2D eigenvalue weighted by atomic mass is 10.0. The molecule has 1 aromatic carbocycles. The van der Waals surface area contributed by atoms with Gasteiger partial charge in [0.05, 0.1) is 0 Å². The van der Waals surface area contributed by atoms with Gasteiger partial charge < -0.3 is 0 Å². The Bertz CT molecular complexity index is 350. The third kappa shape index (κ3) is 2.02. The molecule has 1 saturated heterocycles. The van der Waals surface area contributed by atoms with Crippen LogP contribution in [0, 0.1) is 5.92 Å². The van der Waals surface area contributed by atoms with Gasteiger partial charge in [0.25, 0.3) is 5.24 Å². The van der Waals surface area contributed by atoms with Crippen molar-refractivity contribution in [3.05, 3.63) is 30.3 Å². The molecule has 0 bridgehead atoms. The first-order chi connectivity index (χ1) is 7.20. The van der Waals surface area contributed by atoms with Crippen LogP contribution in [0.1, 0.15) is 13.8 Å². The molecule has 0 aromatic heterocycles. The van der Waals surface area contributed by atoms with Crippen LogP contribution in [-0.4, -0.2) is 17.0 Å². The summed E-state index contributed by atoms with van der Waals surface area (Å²) < 4.78 is 0. The Labute approximate surface area is 94.7 Å². The second-order valence-electron chi connectivity index (χ2n) is 4.09. The Hall–Kier alpha value is -0.960. The van der Waals surface area contributed by atoms with E-state index < -0.39 is 0 Å². The molecule has 1 heterocycles. The van der Waals surface area contributed by atoms with E-state index in [0.717, 1.165) is 11.4 Å². The molecule has 15 heavy (non-hydrogen) atoms. The monoisotopic (exact) mass is 221 g/mol. The normalized spacial score (nSPS) is 21.4. The molecule has 0 N–H and O–H groups in total. The molecule has 0 saturated carbocycles. The highest BCUT2D eigenvalue weighted by molar-refractivity contribution is 8.14. The predicted molar refractivity (Wildman–Crippen MR) is 65.4 cm³/mol. The summed E-state index contributed by atoms with van der Waals surface area (Å²) in [4.78, 5) is 13.7. The summed E-state index contributed by atoms with van der Waals surface area (Å²) in [5.41, 5.74) is 1.02. The van der Waals surface area contributed by atoms with Crippen LogP contribution in [-0.2, 0) is 0 Å². The minimum Gasteiger partial charge on any atom is -0.299 e. The van der Waals surface area contributed by atoms with Gasteiger partial charge in [-0.25, -0.2) is 0 Å². The van der Waals surface area contributed by atoms with Crippen LogP contribution >= 0.6 is 11.8 Å². The molecule has 1 unspecified atom stereocenters. The Morgan fingerprint density at radius 2 is 2.00 bits per heavy atom. The topological polar surface area (TPSA) is 20.3 Å². The second kappa shape index (κ2) is 4.27. The summed E-state index contributed by atoms with van der Waals surface area (Å²) >= 11 is 1.42. The van der Waals surface area contributed by atoms with E-state index in [0.29, 0.717) is 12.0 Å². The van der Waals surface area contributed by atoms with Crippen LogP contribution in [0.5, 0.6) is 0 Å². The van der Waals surface area contributed by atoms with Crippen LogP contribution < -0.4 is 4.90 Å². The number of carbonyl (C=O) groups is 1. The van der Waals surface area contributed by atoms with E-state index >= 15 is 0 Å². The number of carbonyl (C=O) groups excluding carboxylic acids is 1. The van der Waals surface area contributed by atoms with E-state index in [-0.39, 0.29) is 5.24 Å². The predicted octanol–water partition coefficient (Wildman–Crippen LogP) is 3.38. The molecule has 0 radical (unpaired) electrons. The molecule has 0 spiro atoms. The summed E-state index contributed by atoms with van der Waals surface area (Å²) in [6.07, 6.45) is 0. The molecule has 1 fully saturated rings. The molecule has 1 aromatic rings. The number of rotatable bonds is 2. The lowest BCUT2D eigenvalue weighted by Gasteiger charge is -2.26. The first-order valence-corrected chi connectivity index (χ1v) is 6.19. The smallest absolute Gasteiger partial charge is 0.286 e. The van der Waals surface area contributed by atoms with Crippen LogP contribution in [0.4, 0.5) is 10.5 Å². The number of anilines is 1. The zero-order chi connectivity index (χ0) is 10.8. The highest BCUT2D eigenvalue weighted by Crippen LogP contribution is 2.32. The maximum Gasteiger partial charge on any atom is 0.286 e. The van der Waals surface area contributed by atoms with Gasteiger partial charge in [0.1, 0.15) is 0 Å². The minimum absolute atomic E-state index is 0.180. The van der Waals surface area contributed by atoms with Crippen molar-refractivity contribution in [2.24, 2.45) is 5.92 Å². The largest absolute Gasteiger partial charge is 0.299 e. The van der Waals surface area contributed by atoms with Crippen molar-refractivity contribution in [2.75, 3.05) is 10.7 Å². The number of amides is 1. The van der Waals surface area contributed by atoms with Gasteiger partial charge in [-0.2, -0.15) is 0 Å². The van der Waals surface area contributed by atoms with Gasteiger partial charge in [0.2, 0.25) is 0 Å². The molecule has 1 aliphatic rings. The lowest BCUT2D eigenvalue weighted by Crippen LogP contribution is -2.36. The maximum atomic E-state index is 11.8. The van der Waals surface area contributed by atoms with Crippen molar-refractivity contribution in [3.8, 4) is 0 Å². The first-order valence-electron chi connectivity index (χ1n) is 5.21. The van der Waals surface area contributed by atoms with Crippen LogP contribution in [0.15, 0.2) is 30.3 Å². The molecule has 2 nitrogen and oxygen atoms in total. The fourth-order valence-corrected chi connectivity index (χ4v) is 3.04. The summed E-state index contributed by atoms with van der Waals surface area (Å²) in [7, 11) is 0.